The largest absolute Gasteiger partial charge is 0.478 e. The third kappa shape index (κ3) is 3.70. The van der Waals surface area contributed by atoms with Gasteiger partial charge < -0.3 is 15.0 Å². The molecule has 1 aliphatic rings. The molecule has 0 unspecified atom stereocenters. The van der Waals surface area contributed by atoms with Gasteiger partial charge in [0.15, 0.2) is 0 Å². The van der Waals surface area contributed by atoms with E-state index in [2.05, 4.69) is 18.5 Å². The number of hydrogen-bond acceptors (Lipinski definition) is 2. The summed E-state index contributed by atoms with van der Waals surface area (Å²) in [5.74, 6) is -2.60. The summed E-state index contributed by atoms with van der Waals surface area (Å²) in [5.41, 5.74) is 3.70. The third-order valence-electron chi connectivity index (χ3n) is 6.27. The maximum absolute atomic E-state index is 15.4. The van der Waals surface area contributed by atoms with E-state index in [1.54, 1.807) is 0 Å². The van der Waals surface area contributed by atoms with Crippen molar-refractivity contribution in [2.45, 2.75) is 45.2 Å². The molecule has 2 heterocycles. The molecule has 0 spiro atoms. The van der Waals surface area contributed by atoms with Gasteiger partial charge in [0, 0.05) is 34.4 Å². The molecule has 3 aromatic rings. The number of benzene rings is 2. The Hall–Kier alpha value is -3.41. The highest BCUT2D eigenvalue weighted by molar-refractivity contribution is 5.86. The van der Waals surface area contributed by atoms with E-state index in [0.29, 0.717) is 6.42 Å². The highest BCUT2D eigenvalue weighted by Gasteiger charge is 2.39. The number of allylic oxidation sites excluding steroid dienone is 1. The number of hydrogen-bond donors (Lipinski definition) is 2. The minimum atomic E-state index is -1.18. The monoisotopic (exact) mass is 436 g/mol. The zero-order chi connectivity index (χ0) is 23.0. The lowest BCUT2D eigenvalue weighted by Crippen LogP contribution is -2.43. The number of aromatic nitrogens is 1. The Morgan fingerprint density at radius 3 is 2.56 bits per heavy atom. The molecule has 2 aromatic carbocycles. The average Bonchev–Trinajstić information content (AvgIpc) is 3.14. The molecule has 0 saturated carbocycles. The topological polar surface area (TPSA) is 56.3 Å². The van der Waals surface area contributed by atoms with E-state index < -0.39 is 23.6 Å². The van der Waals surface area contributed by atoms with Crippen LogP contribution in [0.4, 0.5) is 8.78 Å². The fourth-order valence-corrected chi connectivity index (χ4v) is 4.73. The van der Waals surface area contributed by atoms with Crippen molar-refractivity contribution >= 4 is 22.9 Å². The Bertz CT molecular complexity index is 1200. The number of nitrogens with zero attached hydrogens (tertiary/aromatic N) is 1. The van der Waals surface area contributed by atoms with Gasteiger partial charge in [0.1, 0.15) is 17.7 Å². The molecule has 4 rings (SSSR count). The number of H-pyrrole nitrogens is 1. The lowest BCUT2D eigenvalue weighted by atomic mass is 9.85. The van der Waals surface area contributed by atoms with Crippen molar-refractivity contribution in [3.05, 3.63) is 88.8 Å². The number of carboxylic acid groups (broad SMARTS) is 1. The van der Waals surface area contributed by atoms with Crippen molar-refractivity contribution < 1.29 is 18.7 Å². The van der Waals surface area contributed by atoms with Crippen LogP contribution in [-0.2, 0) is 11.2 Å². The minimum Gasteiger partial charge on any atom is -0.478 e. The van der Waals surface area contributed by atoms with Crippen molar-refractivity contribution in [3.8, 4) is 0 Å². The normalized spacial score (nSPS) is 18.3. The second-order valence-corrected chi connectivity index (χ2v) is 8.13. The Morgan fingerprint density at radius 1 is 1.25 bits per heavy atom. The van der Waals surface area contributed by atoms with Crippen molar-refractivity contribution in [2.24, 2.45) is 0 Å². The molecule has 2 atom stereocenters. The summed E-state index contributed by atoms with van der Waals surface area (Å²) in [5, 5.41) is 9.90. The number of carboxylic acids is 1. The quantitative estimate of drug-likeness (QED) is 0.453. The molecule has 6 heteroatoms. The molecule has 0 radical (unpaired) electrons. The number of aliphatic carboxylic acids is 1. The lowest BCUT2D eigenvalue weighted by Gasteiger charge is -2.45. The van der Waals surface area contributed by atoms with E-state index in [9.17, 15) is 4.79 Å². The van der Waals surface area contributed by atoms with Gasteiger partial charge in [-0.25, -0.2) is 13.6 Å². The first-order chi connectivity index (χ1) is 15.3. The summed E-state index contributed by atoms with van der Waals surface area (Å²) in [7, 11) is 0. The Morgan fingerprint density at radius 2 is 1.94 bits per heavy atom. The first-order valence-corrected chi connectivity index (χ1v) is 10.8. The predicted octanol–water partition coefficient (Wildman–Crippen LogP) is 6.19. The minimum absolute atomic E-state index is 0.0459. The van der Waals surface area contributed by atoms with Crippen LogP contribution in [0.2, 0.25) is 0 Å². The Labute approximate surface area is 185 Å². The molecule has 0 fully saturated rings. The molecule has 0 bridgehead atoms. The van der Waals surface area contributed by atoms with Crippen LogP contribution >= 0.6 is 0 Å². The number of carbonyl (C=O) groups is 1. The van der Waals surface area contributed by atoms with Crippen LogP contribution in [0, 0.1) is 11.6 Å². The zero-order valence-corrected chi connectivity index (χ0v) is 18.2. The molecule has 2 N–H and O–H groups in total. The SMILES string of the molecule is C=C(CC)N1[C@@H](CC)Cc2c([nH]c3ccccc23)[C@@H]1c1c(F)cc(/C=C/C(=O)O)cc1F. The van der Waals surface area contributed by atoms with Crippen molar-refractivity contribution in [3.63, 3.8) is 0 Å². The molecule has 32 heavy (non-hydrogen) atoms. The van der Waals surface area contributed by atoms with Crippen LogP contribution in [-0.4, -0.2) is 27.0 Å². The number of rotatable bonds is 6. The summed E-state index contributed by atoms with van der Waals surface area (Å²) in [6.45, 7) is 8.27. The number of halogens is 2. The maximum atomic E-state index is 15.4. The fourth-order valence-electron chi connectivity index (χ4n) is 4.73. The van der Waals surface area contributed by atoms with Gasteiger partial charge in [0.2, 0.25) is 0 Å². The summed E-state index contributed by atoms with van der Waals surface area (Å²) < 4.78 is 30.9. The average molecular weight is 437 g/mol. The summed E-state index contributed by atoms with van der Waals surface area (Å²) in [4.78, 5) is 16.3. The summed E-state index contributed by atoms with van der Waals surface area (Å²) >= 11 is 0. The zero-order valence-electron chi connectivity index (χ0n) is 18.2. The van der Waals surface area contributed by atoms with E-state index in [-0.39, 0.29) is 17.2 Å². The number of para-hydroxylation sites is 1. The Balaban J connectivity index is 1.95. The van der Waals surface area contributed by atoms with Gasteiger partial charge in [-0.2, -0.15) is 0 Å². The molecular formula is C26H26F2N2O2. The van der Waals surface area contributed by atoms with Gasteiger partial charge in [-0.05, 0) is 54.7 Å². The maximum Gasteiger partial charge on any atom is 0.328 e. The summed E-state index contributed by atoms with van der Waals surface area (Å²) in [6.07, 6.45) is 4.27. The number of nitrogens with one attached hydrogen (secondary N) is 1. The van der Waals surface area contributed by atoms with Gasteiger partial charge in [-0.1, -0.05) is 38.6 Å². The number of fused-ring (bicyclic) bond motifs is 3. The molecule has 0 aliphatic carbocycles. The van der Waals surface area contributed by atoms with Crippen LogP contribution in [0.5, 0.6) is 0 Å². The molecule has 0 saturated heterocycles. The molecule has 1 aliphatic heterocycles. The standard InChI is InChI=1S/C26H26F2N2O2/c1-4-15(3)30-17(5-2)14-19-18-8-6-7-9-22(18)29-25(19)26(30)24-20(27)12-16(13-21(24)28)10-11-23(31)32/h6-13,17,26,29H,3-5,14H2,1-2H3,(H,31,32)/b11-10+/t17-,26-/m0/s1. The van der Waals surface area contributed by atoms with Gasteiger partial charge in [0.25, 0.3) is 0 Å². The highest BCUT2D eigenvalue weighted by Crippen LogP contribution is 2.45. The summed E-state index contributed by atoms with van der Waals surface area (Å²) in [6, 6.07) is 9.62. The van der Waals surface area contributed by atoms with Gasteiger partial charge in [-0.3, -0.25) is 0 Å². The van der Waals surface area contributed by atoms with Crippen molar-refractivity contribution in [2.75, 3.05) is 0 Å². The molecule has 0 amide bonds. The van der Waals surface area contributed by atoms with E-state index in [1.807, 2.05) is 36.1 Å². The molecular weight excluding hydrogens is 410 g/mol. The fraction of sp³-hybridized carbons (Fsp3) is 0.269. The van der Waals surface area contributed by atoms with Crippen LogP contribution < -0.4 is 0 Å². The first-order valence-electron chi connectivity index (χ1n) is 10.8. The van der Waals surface area contributed by atoms with Gasteiger partial charge in [-0.15, -0.1) is 0 Å². The molecule has 166 valence electrons. The lowest BCUT2D eigenvalue weighted by molar-refractivity contribution is -0.131. The van der Waals surface area contributed by atoms with Crippen LogP contribution in [0.25, 0.3) is 17.0 Å². The first kappa shape index (κ1) is 21.8. The smallest absolute Gasteiger partial charge is 0.328 e. The highest BCUT2D eigenvalue weighted by atomic mass is 19.1. The van der Waals surface area contributed by atoms with E-state index >= 15 is 8.78 Å². The van der Waals surface area contributed by atoms with Crippen LogP contribution in [0.15, 0.2) is 54.8 Å². The van der Waals surface area contributed by atoms with E-state index in [4.69, 9.17) is 5.11 Å². The van der Waals surface area contributed by atoms with Crippen LogP contribution in [0.3, 0.4) is 0 Å². The van der Waals surface area contributed by atoms with Crippen molar-refractivity contribution in [1.29, 1.82) is 0 Å². The molecule has 1 aromatic heterocycles. The predicted molar refractivity (Wildman–Crippen MR) is 122 cm³/mol. The van der Waals surface area contributed by atoms with E-state index in [1.165, 1.54) is 18.2 Å². The third-order valence-corrected chi connectivity index (χ3v) is 6.27. The van der Waals surface area contributed by atoms with Crippen molar-refractivity contribution in [1.82, 2.24) is 9.88 Å². The second kappa shape index (κ2) is 8.61. The van der Waals surface area contributed by atoms with E-state index in [0.717, 1.165) is 46.8 Å². The van der Waals surface area contributed by atoms with Crippen LogP contribution in [0.1, 0.15) is 55.1 Å². The number of aromatic amines is 1. The van der Waals surface area contributed by atoms with Gasteiger partial charge >= 0.3 is 5.97 Å². The Kier molecular flexibility index (Phi) is 5.87. The van der Waals surface area contributed by atoms with Gasteiger partial charge in [0.05, 0.1) is 5.56 Å². The molecule has 4 nitrogen and oxygen atoms in total. The second-order valence-electron chi connectivity index (χ2n) is 8.13.